The highest BCUT2D eigenvalue weighted by atomic mass is 79.9. The first-order valence-electron chi connectivity index (χ1n) is 14.9. The largest absolute Gasteiger partial charge is 0.494 e. The fourth-order valence-electron chi connectivity index (χ4n) is 5.93. The maximum Gasteiger partial charge on any atom is 0.410 e. The van der Waals surface area contributed by atoms with Crippen molar-refractivity contribution in [2.45, 2.75) is 64.0 Å². The minimum absolute atomic E-state index is 0.120. The van der Waals surface area contributed by atoms with Gasteiger partial charge in [0.1, 0.15) is 27.3 Å². The Morgan fingerprint density at radius 2 is 1.83 bits per heavy atom. The van der Waals surface area contributed by atoms with Crippen LogP contribution in [-0.2, 0) is 4.74 Å². The molecule has 1 aromatic carbocycles. The number of benzene rings is 1. The molecule has 10 heteroatoms. The number of carbonyl (C=O) groups excluding carboxylic acids is 1. The van der Waals surface area contributed by atoms with Gasteiger partial charge in [0.05, 0.1) is 6.61 Å². The van der Waals surface area contributed by atoms with Crippen LogP contribution in [0.1, 0.15) is 57.9 Å². The van der Waals surface area contributed by atoms with Gasteiger partial charge in [-0.3, -0.25) is 9.20 Å². The van der Waals surface area contributed by atoms with Crippen LogP contribution in [0.3, 0.4) is 0 Å². The molecular weight excluding hydrogens is 598 g/mol. The van der Waals surface area contributed by atoms with Gasteiger partial charge in [-0.15, -0.1) is 0 Å². The van der Waals surface area contributed by atoms with Crippen molar-refractivity contribution in [2.75, 3.05) is 45.2 Å². The standard InChI is InChI=1S/C32H42BrN5O4/c1-32(2,3)42-31(40)37-16-12-22(13-17-37)14-18-41-26-10-8-23(9-11-26)24-19-25(21-36(4)20-24)34-29-28(33)30(39)38-15-6-5-7-27(38)35-29/h5-11,15,22,24-25,34H,12-14,16-21H2,1-4H3/t24-,25+/m0/s1. The van der Waals surface area contributed by atoms with Crippen molar-refractivity contribution < 1.29 is 14.3 Å². The van der Waals surface area contributed by atoms with E-state index in [1.54, 1.807) is 10.6 Å². The van der Waals surface area contributed by atoms with Gasteiger partial charge < -0.3 is 24.6 Å². The molecule has 0 saturated carbocycles. The maximum atomic E-state index is 12.8. The molecule has 0 aliphatic carbocycles. The van der Waals surface area contributed by atoms with Crippen LogP contribution in [-0.4, -0.2) is 76.8 Å². The minimum atomic E-state index is -0.461. The zero-order valence-corrected chi connectivity index (χ0v) is 26.6. The number of nitrogens with zero attached hydrogens (tertiary/aromatic N) is 4. The quantitative estimate of drug-likeness (QED) is 0.351. The molecular formula is C32H42BrN5O4. The van der Waals surface area contributed by atoms with E-state index in [0.717, 1.165) is 57.6 Å². The van der Waals surface area contributed by atoms with E-state index >= 15 is 0 Å². The molecule has 9 nitrogen and oxygen atoms in total. The Bertz CT molecular complexity index is 1430. The number of likely N-dealkylation sites (N-methyl/N-ethyl adjacent to an activating group) is 1. The van der Waals surface area contributed by atoms with Crippen LogP contribution in [0.2, 0.25) is 0 Å². The fourth-order valence-corrected chi connectivity index (χ4v) is 6.33. The highest BCUT2D eigenvalue weighted by Crippen LogP contribution is 2.30. The second kappa shape index (κ2) is 13.0. The molecule has 3 aromatic rings. The number of amides is 1. The predicted octanol–water partition coefficient (Wildman–Crippen LogP) is 5.77. The molecule has 2 atom stereocenters. The summed E-state index contributed by atoms with van der Waals surface area (Å²) < 4.78 is 13.6. The van der Waals surface area contributed by atoms with Crippen molar-refractivity contribution in [3.63, 3.8) is 0 Å². The number of piperidine rings is 2. The zero-order valence-electron chi connectivity index (χ0n) is 25.0. The number of carbonyl (C=O) groups is 1. The molecule has 1 N–H and O–H groups in total. The van der Waals surface area contributed by atoms with E-state index in [2.05, 4.69) is 57.5 Å². The van der Waals surface area contributed by atoms with Crippen molar-refractivity contribution in [3.05, 3.63) is 69.1 Å². The van der Waals surface area contributed by atoms with Gasteiger partial charge in [0.2, 0.25) is 0 Å². The lowest BCUT2D eigenvalue weighted by Gasteiger charge is -2.36. The average molecular weight is 641 g/mol. The van der Waals surface area contributed by atoms with Crippen LogP contribution < -0.4 is 15.6 Å². The van der Waals surface area contributed by atoms with Gasteiger partial charge in [-0.2, -0.15) is 0 Å². The predicted molar refractivity (Wildman–Crippen MR) is 169 cm³/mol. The minimum Gasteiger partial charge on any atom is -0.494 e. The number of nitrogens with one attached hydrogen (secondary N) is 1. The first-order valence-corrected chi connectivity index (χ1v) is 15.7. The number of hydrogen-bond donors (Lipinski definition) is 1. The van der Waals surface area contributed by atoms with Crippen molar-refractivity contribution >= 4 is 33.5 Å². The summed E-state index contributed by atoms with van der Waals surface area (Å²) in [6.07, 6.45) is 5.39. The van der Waals surface area contributed by atoms with Crippen molar-refractivity contribution in [1.82, 2.24) is 19.2 Å². The number of anilines is 1. The second-order valence-corrected chi connectivity index (χ2v) is 13.4. The highest BCUT2D eigenvalue weighted by molar-refractivity contribution is 9.10. The number of likely N-dealkylation sites (tertiary alicyclic amines) is 2. The number of pyridine rings is 1. The van der Waals surface area contributed by atoms with Gasteiger partial charge in [0.15, 0.2) is 0 Å². The first-order chi connectivity index (χ1) is 20.1. The second-order valence-electron chi connectivity index (χ2n) is 12.6. The molecule has 4 heterocycles. The van der Waals surface area contributed by atoms with Crippen LogP contribution in [0.25, 0.3) is 5.65 Å². The lowest BCUT2D eigenvalue weighted by Crippen LogP contribution is -2.43. The van der Waals surface area contributed by atoms with Crippen LogP contribution >= 0.6 is 15.9 Å². The van der Waals surface area contributed by atoms with Gasteiger partial charge in [-0.05, 0) is 111 Å². The number of aromatic nitrogens is 2. The molecule has 5 rings (SSSR count). The number of halogens is 1. The van der Waals surface area contributed by atoms with Crippen LogP contribution in [0.5, 0.6) is 5.75 Å². The van der Waals surface area contributed by atoms with Crippen molar-refractivity contribution in [2.24, 2.45) is 5.92 Å². The van der Waals surface area contributed by atoms with E-state index < -0.39 is 5.60 Å². The van der Waals surface area contributed by atoms with Gasteiger partial charge >= 0.3 is 6.09 Å². The molecule has 226 valence electrons. The van der Waals surface area contributed by atoms with E-state index in [1.165, 1.54) is 5.56 Å². The molecule has 1 amide bonds. The van der Waals surface area contributed by atoms with Crippen LogP contribution in [0, 0.1) is 5.92 Å². The molecule has 2 aromatic heterocycles. The lowest BCUT2D eigenvalue weighted by atomic mass is 9.88. The van der Waals surface area contributed by atoms with Gasteiger partial charge in [-0.25, -0.2) is 9.78 Å². The Labute approximate surface area is 256 Å². The smallest absolute Gasteiger partial charge is 0.410 e. The van der Waals surface area contributed by atoms with Gasteiger partial charge in [-0.1, -0.05) is 18.2 Å². The Balaban J connectivity index is 1.11. The Morgan fingerprint density at radius 1 is 1.10 bits per heavy atom. The van der Waals surface area contributed by atoms with Gasteiger partial charge in [0.25, 0.3) is 5.56 Å². The molecule has 0 unspecified atom stereocenters. The molecule has 2 aliphatic heterocycles. The summed E-state index contributed by atoms with van der Waals surface area (Å²) in [5.74, 6) is 2.38. The van der Waals surface area contributed by atoms with Crippen molar-refractivity contribution in [3.8, 4) is 5.75 Å². The SMILES string of the molecule is CN1C[C@H](Nc2nc3ccccn3c(=O)c2Br)C[C@H](c2ccc(OCCC3CCN(C(=O)OC(C)(C)C)CC3)cc2)C1. The summed E-state index contributed by atoms with van der Waals surface area (Å²) in [5.41, 5.74) is 1.32. The Hall–Kier alpha value is -3.11. The first kappa shape index (κ1) is 30.4. The normalized spacial score (nSPS) is 20.5. The van der Waals surface area contributed by atoms with E-state index in [4.69, 9.17) is 14.5 Å². The maximum absolute atomic E-state index is 12.8. The summed E-state index contributed by atoms with van der Waals surface area (Å²) in [5, 5.41) is 3.54. The summed E-state index contributed by atoms with van der Waals surface area (Å²) >= 11 is 3.47. The van der Waals surface area contributed by atoms with E-state index in [-0.39, 0.29) is 17.7 Å². The Morgan fingerprint density at radius 3 is 2.55 bits per heavy atom. The summed E-state index contributed by atoms with van der Waals surface area (Å²) in [4.78, 5) is 34.0. The summed E-state index contributed by atoms with van der Waals surface area (Å²) in [7, 11) is 2.13. The lowest BCUT2D eigenvalue weighted by molar-refractivity contribution is 0.0177. The summed E-state index contributed by atoms with van der Waals surface area (Å²) in [6.45, 7) is 9.69. The van der Waals surface area contributed by atoms with E-state index in [9.17, 15) is 9.59 Å². The fraction of sp³-hybridized carbons (Fsp3) is 0.531. The Kier molecular flexibility index (Phi) is 9.42. The highest BCUT2D eigenvalue weighted by Gasteiger charge is 2.28. The number of hydrogen-bond acceptors (Lipinski definition) is 7. The average Bonchev–Trinajstić information content (AvgIpc) is 2.95. The zero-order chi connectivity index (χ0) is 29.9. The van der Waals surface area contributed by atoms with Gasteiger partial charge in [0, 0.05) is 38.4 Å². The molecule has 2 fully saturated rings. The van der Waals surface area contributed by atoms with E-state index in [0.29, 0.717) is 34.4 Å². The monoisotopic (exact) mass is 639 g/mol. The third kappa shape index (κ3) is 7.64. The third-order valence-corrected chi connectivity index (χ3v) is 8.78. The third-order valence-electron chi connectivity index (χ3n) is 8.07. The molecule has 0 radical (unpaired) electrons. The molecule has 42 heavy (non-hydrogen) atoms. The molecule has 2 saturated heterocycles. The topological polar surface area (TPSA) is 88.4 Å². The number of ether oxygens (including phenoxy) is 2. The number of rotatable bonds is 7. The van der Waals surface area contributed by atoms with Crippen LogP contribution in [0.15, 0.2) is 57.9 Å². The van der Waals surface area contributed by atoms with E-state index in [1.807, 2.05) is 43.9 Å². The molecule has 2 aliphatic rings. The van der Waals surface area contributed by atoms with Crippen molar-refractivity contribution in [1.29, 1.82) is 0 Å². The number of fused-ring (bicyclic) bond motifs is 1. The molecule has 0 spiro atoms. The van der Waals surface area contributed by atoms with Crippen LogP contribution in [0.4, 0.5) is 10.6 Å². The molecule has 0 bridgehead atoms. The summed E-state index contributed by atoms with van der Waals surface area (Å²) in [6, 6.07) is 14.2.